The van der Waals surface area contributed by atoms with Crippen molar-refractivity contribution in [1.29, 1.82) is 0 Å². The summed E-state index contributed by atoms with van der Waals surface area (Å²) in [6.45, 7) is 0.401. The Morgan fingerprint density at radius 1 is 1.22 bits per heavy atom. The van der Waals surface area contributed by atoms with Crippen LogP contribution in [-0.2, 0) is 33.9 Å². The second-order valence-corrected chi connectivity index (χ2v) is 6.39. The van der Waals surface area contributed by atoms with Gasteiger partial charge in [-0.1, -0.05) is 18.2 Å². The van der Waals surface area contributed by atoms with Crippen molar-refractivity contribution in [1.82, 2.24) is 0 Å². The smallest absolute Gasteiger partial charge is 0.313 e. The Hall–Kier alpha value is -3.13. The van der Waals surface area contributed by atoms with Crippen molar-refractivity contribution in [2.75, 3.05) is 13.4 Å². The SMILES string of the molecule is O=C(OCc1cc([N+](=O)[O-])cc2c1OCOC2)[C@H]1COc2ccccc2C1. The van der Waals surface area contributed by atoms with Crippen LogP contribution < -0.4 is 9.47 Å². The van der Waals surface area contributed by atoms with E-state index in [1.165, 1.54) is 12.1 Å². The Bertz CT molecular complexity index is 896. The molecule has 0 saturated heterocycles. The van der Waals surface area contributed by atoms with E-state index in [2.05, 4.69) is 0 Å². The lowest BCUT2D eigenvalue weighted by molar-refractivity contribution is -0.385. The minimum atomic E-state index is -0.494. The van der Waals surface area contributed by atoms with E-state index in [9.17, 15) is 14.9 Å². The second kappa shape index (κ2) is 7.24. The number of nitro groups is 1. The minimum absolute atomic E-state index is 0.0546. The van der Waals surface area contributed by atoms with Crippen molar-refractivity contribution >= 4 is 11.7 Å². The van der Waals surface area contributed by atoms with Gasteiger partial charge >= 0.3 is 5.97 Å². The van der Waals surface area contributed by atoms with Crippen LogP contribution in [0.3, 0.4) is 0 Å². The molecule has 0 amide bonds. The van der Waals surface area contributed by atoms with Gasteiger partial charge in [0, 0.05) is 23.3 Å². The van der Waals surface area contributed by atoms with Gasteiger partial charge in [-0.3, -0.25) is 14.9 Å². The number of benzene rings is 2. The number of nitrogens with zero attached hydrogens (tertiary/aromatic N) is 1. The fourth-order valence-corrected chi connectivity index (χ4v) is 3.24. The summed E-state index contributed by atoms with van der Waals surface area (Å²) in [6.07, 6.45) is 0.534. The number of para-hydroxylation sites is 1. The zero-order valence-electron chi connectivity index (χ0n) is 14.4. The fraction of sp³-hybridized carbons (Fsp3) is 0.316. The summed E-state index contributed by atoms with van der Waals surface area (Å²) in [5, 5.41) is 11.1. The van der Waals surface area contributed by atoms with Gasteiger partial charge < -0.3 is 18.9 Å². The molecule has 0 spiro atoms. The van der Waals surface area contributed by atoms with Crippen LogP contribution in [0.1, 0.15) is 16.7 Å². The van der Waals surface area contributed by atoms with Gasteiger partial charge in [-0.15, -0.1) is 0 Å². The average molecular weight is 371 g/mol. The maximum Gasteiger partial charge on any atom is 0.313 e. The molecule has 0 aromatic heterocycles. The highest BCUT2D eigenvalue weighted by atomic mass is 16.7. The molecule has 0 aliphatic carbocycles. The van der Waals surface area contributed by atoms with E-state index >= 15 is 0 Å². The van der Waals surface area contributed by atoms with Gasteiger partial charge in [0.2, 0.25) is 0 Å². The summed E-state index contributed by atoms with van der Waals surface area (Å²) in [4.78, 5) is 23.1. The Kier molecular flexibility index (Phi) is 4.64. The standard InChI is InChI=1S/C19H17NO7/c21-19(15-5-12-3-1-2-4-17(12)25-10-15)26-9-14-7-16(20(22)23)6-13-8-24-11-27-18(13)14/h1-4,6-7,15H,5,8-11H2/t15-/m1/s1. The van der Waals surface area contributed by atoms with Crippen molar-refractivity contribution in [3.63, 3.8) is 0 Å². The zero-order valence-corrected chi connectivity index (χ0v) is 14.4. The quantitative estimate of drug-likeness (QED) is 0.463. The van der Waals surface area contributed by atoms with Gasteiger partial charge in [0.1, 0.15) is 24.7 Å². The molecule has 140 valence electrons. The lowest BCUT2D eigenvalue weighted by Gasteiger charge is -2.24. The van der Waals surface area contributed by atoms with Crippen LogP contribution in [0.4, 0.5) is 5.69 Å². The third kappa shape index (κ3) is 3.56. The fourth-order valence-electron chi connectivity index (χ4n) is 3.24. The molecule has 2 aromatic carbocycles. The van der Waals surface area contributed by atoms with Crippen LogP contribution in [0.2, 0.25) is 0 Å². The van der Waals surface area contributed by atoms with E-state index in [-0.39, 0.29) is 32.3 Å². The number of carbonyl (C=O) groups excluding carboxylic acids is 1. The number of rotatable bonds is 4. The van der Waals surface area contributed by atoms with Gasteiger partial charge in [0.05, 0.1) is 17.4 Å². The van der Waals surface area contributed by atoms with Crippen LogP contribution in [0, 0.1) is 16.0 Å². The van der Waals surface area contributed by atoms with Crippen LogP contribution in [0.25, 0.3) is 0 Å². The highest BCUT2D eigenvalue weighted by Crippen LogP contribution is 2.33. The summed E-state index contributed by atoms with van der Waals surface area (Å²) in [5.74, 6) is 0.433. The Balaban J connectivity index is 1.48. The van der Waals surface area contributed by atoms with E-state index in [4.69, 9.17) is 18.9 Å². The molecule has 0 fully saturated rings. The summed E-state index contributed by atoms with van der Waals surface area (Å²) in [5.41, 5.74) is 1.88. The van der Waals surface area contributed by atoms with Crippen molar-refractivity contribution < 1.29 is 28.7 Å². The number of hydrogen-bond donors (Lipinski definition) is 0. The molecule has 2 aliphatic heterocycles. The molecule has 8 nitrogen and oxygen atoms in total. The summed E-state index contributed by atoms with van der Waals surface area (Å²) < 4.78 is 21.7. The molecular weight excluding hydrogens is 354 g/mol. The van der Waals surface area contributed by atoms with E-state index in [1.807, 2.05) is 24.3 Å². The minimum Gasteiger partial charge on any atom is -0.492 e. The summed E-state index contributed by atoms with van der Waals surface area (Å²) in [6, 6.07) is 10.3. The van der Waals surface area contributed by atoms with Crippen molar-refractivity contribution in [2.24, 2.45) is 5.92 Å². The number of fused-ring (bicyclic) bond motifs is 2. The lowest BCUT2D eigenvalue weighted by atomic mass is 9.97. The van der Waals surface area contributed by atoms with Crippen LogP contribution in [0.5, 0.6) is 11.5 Å². The average Bonchev–Trinajstić information content (AvgIpc) is 2.71. The van der Waals surface area contributed by atoms with E-state index in [0.29, 0.717) is 23.3 Å². The predicted octanol–water partition coefficient (Wildman–Crippen LogP) is 2.76. The number of esters is 1. The van der Waals surface area contributed by atoms with E-state index in [0.717, 1.165) is 11.3 Å². The molecule has 0 N–H and O–H groups in total. The highest BCUT2D eigenvalue weighted by Gasteiger charge is 2.28. The molecular formula is C19H17NO7. The molecule has 0 saturated carbocycles. The number of carbonyl (C=O) groups is 1. The first-order valence-corrected chi connectivity index (χ1v) is 8.50. The van der Waals surface area contributed by atoms with Gasteiger partial charge in [-0.25, -0.2) is 0 Å². The van der Waals surface area contributed by atoms with Gasteiger partial charge in [0.25, 0.3) is 5.69 Å². The molecule has 1 atom stereocenters. The first kappa shape index (κ1) is 17.3. The molecule has 8 heteroatoms. The first-order chi connectivity index (χ1) is 13.1. The number of nitro benzene ring substituents is 1. The lowest BCUT2D eigenvalue weighted by Crippen LogP contribution is -2.29. The van der Waals surface area contributed by atoms with Crippen molar-refractivity contribution in [3.05, 3.63) is 63.2 Å². The van der Waals surface area contributed by atoms with Gasteiger partial charge in [0.15, 0.2) is 6.79 Å². The first-order valence-electron chi connectivity index (χ1n) is 8.50. The van der Waals surface area contributed by atoms with E-state index in [1.54, 1.807) is 0 Å². The zero-order chi connectivity index (χ0) is 18.8. The largest absolute Gasteiger partial charge is 0.492 e. The normalized spacial score (nSPS) is 17.7. The number of ether oxygens (including phenoxy) is 4. The molecule has 2 heterocycles. The number of non-ortho nitro benzene ring substituents is 1. The maximum absolute atomic E-state index is 12.5. The molecule has 0 bridgehead atoms. The second-order valence-electron chi connectivity index (χ2n) is 6.39. The van der Waals surface area contributed by atoms with E-state index < -0.39 is 16.8 Å². The van der Waals surface area contributed by atoms with Crippen LogP contribution in [0.15, 0.2) is 36.4 Å². The summed E-state index contributed by atoms with van der Waals surface area (Å²) in [7, 11) is 0. The third-order valence-electron chi connectivity index (χ3n) is 4.56. The maximum atomic E-state index is 12.5. The van der Waals surface area contributed by atoms with Gasteiger partial charge in [-0.05, 0) is 18.1 Å². The highest BCUT2D eigenvalue weighted by molar-refractivity contribution is 5.73. The molecule has 0 radical (unpaired) electrons. The van der Waals surface area contributed by atoms with Crippen molar-refractivity contribution in [2.45, 2.75) is 19.6 Å². The van der Waals surface area contributed by atoms with Crippen LogP contribution >= 0.6 is 0 Å². The molecule has 2 aliphatic rings. The number of hydrogen-bond acceptors (Lipinski definition) is 7. The Morgan fingerprint density at radius 3 is 2.93 bits per heavy atom. The monoisotopic (exact) mass is 371 g/mol. The van der Waals surface area contributed by atoms with Crippen LogP contribution in [-0.4, -0.2) is 24.3 Å². The van der Waals surface area contributed by atoms with Crippen molar-refractivity contribution in [3.8, 4) is 11.5 Å². The third-order valence-corrected chi connectivity index (χ3v) is 4.56. The molecule has 0 unspecified atom stereocenters. The summed E-state index contributed by atoms with van der Waals surface area (Å²) >= 11 is 0. The Labute approximate surface area is 154 Å². The van der Waals surface area contributed by atoms with Gasteiger partial charge in [-0.2, -0.15) is 0 Å². The molecule has 2 aromatic rings. The topological polar surface area (TPSA) is 97.1 Å². The molecule has 27 heavy (non-hydrogen) atoms. The Morgan fingerprint density at radius 2 is 2.07 bits per heavy atom. The predicted molar refractivity (Wildman–Crippen MR) is 92.3 cm³/mol. The molecule has 4 rings (SSSR count).